The zero-order valence-corrected chi connectivity index (χ0v) is 9.18. The Labute approximate surface area is 75.7 Å². The fraction of sp³-hybridized carbons (Fsp3) is 0.889. The van der Waals surface area contributed by atoms with Crippen molar-refractivity contribution >= 4 is 8.32 Å². The van der Waals surface area contributed by atoms with Gasteiger partial charge in [-0.3, -0.25) is 0 Å². The molecule has 0 heterocycles. The number of hydrogen-bond donors (Lipinski definition) is 0. The Morgan fingerprint density at radius 2 is 1.75 bits per heavy atom. The Hall–Kier alpha value is -0.333. The molecule has 0 aromatic carbocycles. The normalized spacial score (nSPS) is 22.2. The minimum atomic E-state index is -1.54. The molecule has 0 radical (unpaired) electrons. The van der Waals surface area contributed by atoms with Crippen LogP contribution in [-0.4, -0.2) is 13.9 Å². The molecule has 1 saturated carbocycles. The highest BCUT2D eigenvalue weighted by molar-refractivity contribution is 6.69. The second-order valence-corrected chi connectivity index (χ2v) is 8.96. The van der Waals surface area contributed by atoms with Gasteiger partial charge < -0.3 is 4.43 Å². The maximum Gasteiger partial charge on any atom is 0.185 e. The van der Waals surface area contributed by atoms with E-state index < -0.39 is 13.9 Å². The molecule has 1 aliphatic carbocycles. The van der Waals surface area contributed by atoms with Crippen molar-refractivity contribution in [2.24, 2.45) is 0 Å². The van der Waals surface area contributed by atoms with E-state index in [1.807, 2.05) is 0 Å². The Kier molecular flexibility index (Phi) is 2.60. The molecular formula is C9H17NOSi. The second kappa shape index (κ2) is 3.19. The summed E-state index contributed by atoms with van der Waals surface area (Å²) in [5.41, 5.74) is -0.412. The SMILES string of the molecule is C[Si](C)(C)OC1(C#N)CCCC1. The lowest BCUT2D eigenvalue weighted by Gasteiger charge is -2.29. The maximum atomic E-state index is 9.03. The van der Waals surface area contributed by atoms with Gasteiger partial charge in [0.1, 0.15) is 5.60 Å². The third-order valence-electron chi connectivity index (χ3n) is 2.12. The average molecular weight is 183 g/mol. The molecule has 1 aliphatic rings. The largest absolute Gasteiger partial charge is 0.400 e. The highest BCUT2D eigenvalue weighted by Gasteiger charge is 2.38. The van der Waals surface area contributed by atoms with Crippen LogP contribution in [0.15, 0.2) is 0 Å². The predicted molar refractivity (Wildman–Crippen MR) is 51.2 cm³/mol. The van der Waals surface area contributed by atoms with Gasteiger partial charge in [0.15, 0.2) is 8.32 Å². The topological polar surface area (TPSA) is 33.0 Å². The molecule has 68 valence electrons. The van der Waals surface area contributed by atoms with Gasteiger partial charge in [-0.15, -0.1) is 0 Å². The fourth-order valence-electron chi connectivity index (χ4n) is 1.77. The van der Waals surface area contributed by atoms with Crippen LogP contribution in [0.3, 0.4) is 0 Å². The van der Waals surface area contributed by atoms with Crippen molar-refractivity contribution < 1.29 is 4.43 Å². The third kappa shape index (κ3) is 2.33. The first kappa shape index (κ1) is 9.75. The Bertz CT molecular complexity index is 196. The molecule has 0 amide bonds. The summed E-state index contributed by atoms with van der Waals surface area (Å²) in [5, 5.41) is 9.03. The highest BCUT2D eigenvalue weighted by atomic mass is 28.4. The molecule has 2 nitrogen and oxygen atoms in total. The molecule has 0 spiro atoms. The lowest BCUT2D eigenvalue weighted by Crippen LogP contribution is -2.39. The molecule has 0 unspecified atom stereocenters. The first-order chi connectivity index (χ1) is 5.47. The Balaban J connectivity index is 2.64. The zero-order valence-electron chi connectivity index (χ0n) is 8.18. The monoisotopic (exact) mass is 183 g/mol. The van der Waals surface area contributed by atoms with E-state index in [0.29, 0.717) is 0 Å². The van der Waals surface area contributed by atoms with Crippen molar-refractivity contribution in [1.82, 2.24) is 0 Å². The lowest BCUT2D eigenvalue weighted by molar-refractivity contribution is 0.128. The number of rotatable bonds is 2. The van der Waals surface area contributed by atoms with Crippen molar-refractivity contribution in [2.75, 3.05) is 0 Å². The van der Waals surface area contributed by atoms with Crippen molar-refractivity contribution in [3.63, 3.8) is 0 Å². The first-order valence-electron chi connectivity index (χ1n) is 4.59. The van der Waals surface area contributed by atoms with E-state index in [2.05, 4.69) is 25.7 Å². The molecule has 3 heteroatoms. The van der Waals surface area contributed by atoms with Crippen LogP contribution in [-0.2, 0) is 4.43 Å². The summed E-state index contributed by atoms with van der Waals surface area (Å²) in [6.45, 7) is 6.43. The summed E-state index contributed by atoms with van der Waals surface area (Å²) in [7, 11) is -1.54. The van der Waals surface area contributed by atoms with Crippen LogP contribution < -0.4 is 0 Å². The minimum absolute atomic E-state index is 0.412. The molecule has 0 atom stereocenters. The summed E-state index contributed by atoms with van der Waals surface area (Å²) in [4.78, 5) is 0. The van der Waals surface area contributed by atoms with Crippen molar-refractivity contribution in [2.45, 2.75) is 50.9 Å². The van der Waals surface area contributed by atoms with E-state index >= 15 is 0 Å². The fourth-order valence-corrected chi connectivity index (χ4v) is 3.19. The second-order valence-electron chi connectivity index (χ2n) is 4.53. The van der Waals surface area contributed by atoms with Crippen molar-refractivity contribution in [1.29, 1.82) is 5.26 Å². The number of hydrogen-bond acceptors (Lipinski definition) is 2. The first-order valence-corrected chi connectivity index (χ1v) is 8.00. The number of nitriles is 1. The van der Waals surface area contributed by atoms with Crippen LogP contribution in [0, 0.1) is 11.3 Å². The van der Waals surface area contributed by atoms with Crippen LogP contribution in [0.4, 0.5) is 0 Å². The average Bonchev–Trinajstić information content (AvgIpc) is 2.34. The van der Waals surface area contributed by atoms with E-state index in [4.69, 9.17) is 9.69 Å². The van der Waals surface area contributed by atoms with Gasteiger partial charge in [0.05, 0.1) is 6.07 Å². The lowest BCUT2D eigenvalue weighted by atomic mass is 10.1. The van der Waals surface area contributed by atoms with Crippen LogP contribution >= 0.6 is 0 Å². The predicted octanol–water partition coefficient (Wildman–Crippen LogP) is 2.67. The molecule has 0 aromatic heterocycles. The molecule has 0 saturated heterocycles. The van der Waals surface area contributed by atoms with Gasteiger partial charge in [-0.25, -0.2) is 0 Å². The van der Waals surface area contributed by atoms with Crippen LogP contribution in [0.5, 0.6) is 0 Å². The van der Waals surface area contributed by atoms with E-state index in [0.717, 1.165) is 25.7 Å². The van der Waals surface area contributed by atoms with Crippen LogP contribution in [0.1, 0.15) is 25.7 Å². The summed E-state index contributed by atoms with van der Waals surface area (Å²) >= 11 is 0. The molecule has 0 N–H and O–H groups in total. The quantitative estimate of drug-likeness (QED) is 0.617. The summed E-state index contributed by atoms with van der Waals surface area (Å²) in [5.74, 6) is 0. The van der Waals surface area contributed by atoms with Crippen molar-refractivity contribution in [3.05, 3.63) is 0 Å². The summed E-state index contributed by atoms with van der Waals surface area (Å²) in [6, 6.07) is 2.35. The number of nitrogens with zero attached hydrogens (tertiary/aromatic N) is 1. The van der Waals surface area contributed by atoms with E-state index in [9.17, 15) is 0 Å². The molecule has 0 bridgehead atoms. The van der Waals surface area contributed by atoms with Gasteiger partial charge in [0.25, 0.3) is 0 Å². The molecule has 0 aliphatic heterocycles. The molecule has 1 rings (SSSR count). The van der Waals surface area contributed by atoms with Crippen molar-refractivity contribution in [3.8, 4) is 6.07 Å². The summed E-state index contributed by atoms with van der Waals surface area (Å²) in [6.07, 6.45) is 4.18. The highest BCUT2D eigenvalue weighted by Crippen LogP contribution is 2.34. The van der Waals surface area contributed by atoms with Gasteiger partial charge in [-0.2, -0.15) is 5.26 Å². The molecule has 1 fully saturated rings. The van der Waals surface area contributed by atoms with Gasteiger partial charge >= 0.3 is 0 Å². The minimum Gasteiger partial charge on any atom is -0.400 e. The van der Waals surface area contributed by atoms with E-state index in [1.165, 1.54) is 0 Å². The standard InChI is InChI=1S/C9H17NOSi/c1-12(2,3)11-9(8-10)6-4-5-7-9/h4-7H2,1-3H3. The summed E-state index contributed by atoms with van der Waals surface area (Å²) < 4.78 is 5.91. The Morgan fingerprint density at radius 1 is 1.25 bits per heavy atom. The van der Waals surface area contributed by atoms with Gasteiger partial charge in [-0.1, -0.05) is 0 Å². The third-order valence-corrected chi connectivity index (χ3v) is 3.12. The van der Waals surface area contributed by atoms with Gasteiger partial charge in [0, 0.05) is 0 Å². The smallest absolute Gasteiger partial charge is 0.185 e. The molecule has 12 heavy (non-hydrogen) atoms. The zero-order chi connectivity index (χ0) is 9.24. The van der Waals surface area contributed by atoms with Crippen LogP contribution in [0.2, 0.25) is 19.6 Å². The maximum absolute atomic E-state index is 9.03. The molecule has 0 aromatic rings. The van der Waals surface area contributed by atoms with E-state index in [-0.39, 0.29) is 0 Å². The van der Waals surface area contributed by atoms with Gasteiger partial charge in [-0.05, 0) is 45.3 Å². The molecular weight excluding hydrogens is 166 g/mol. The Morgan fingerprint density at radius 3 is 2.08 bits per heavy atom. The van der Waals surface area contributed by atoms with Crippen LogP contribution in [0.25, 0.3) is 0 Å². The van der Waals surface area contributed by atoms with Gasteiger partial charge in [0.2, 0.25) is 0 Å². The van der Waals surface area contributed by atoms with E-state index in [1.54, 1.807) is 0 Å².